The number of Topliss-reactive ketones (excluding diaryl/α,β-unsaturated/α-hetero) is 1. The van der Waals surface area contributed by atoms with Gasteiger partial charge in [-0.2, -0.15) is 4.57 Å². The number of carbonyl (C=O) groups excluding carboxylic acids is 3. The zero-order chi connectivity index (χ0) is 34.3. The molecule has 5 rings (SSSR count). The van der Waals surface area contributed by atoms with Crippen molar-refractivity contribution in [3.63, 3.8) is 0 Å². The Hall–Kier alpha value is -4.11. The number of carbonyl (C=O) groups is 4. The van der Waals surface area contributed by atoms with E-state index in [2.05, 4.69) is 15.5 Å². The van der Waals surface area contributed by atoms with Crippen LogP contribution < -0.4 is 15.6 Å². The standard InChI is InChI=1S/C27H30N6O7S2.H2O4S/c1-2-15(34)11-32-9-7-17(8-10-32)41-14-20-23(26(37)38)33-19(12-39-20)22(25(33)36)30-24(35)21(18-13-42-27(28)29-18)31-40-16-5-3-4-6-16;1-5(2,3)4/h7-10,13,16,19,22H,2-6,11-12,14H2,1H3,(H3-,28,29,30,35,37,38);(H2,1,2,3,4)/b31-21-;/t19-,22+;/m1./s1. The number of hydrogen-bond acceptors (Lipinski definition) is 14. The van der Waals surface area contributed by atoms with Gasteiger partial charge in [0.1, 0.15) is 36.2 Å². The van der Waals surface area contributed by atoms with E-state index in [0.717, 1.165) is 46.8 Å². The Balaban J connectivity index is 0.000000930. The molecule has 0 bridgehead atoms. The van der Waals surface area contributed by atoms with E-state index in [1.54, 1.807) is 22.3 Å². The average molecular weight is 713 g/mol. The number of rotatable bonds is 12. The number of nitrogens with two attached hydrogens (primary N) is 1. The Morgan fingerprint density at radius 3 is 2.53 bits per heavy atom. The molecule has 1 saturated carbocycles. The molecule has 0 unspecified atom stereocenters. The molecule has 2 aliphatic heterocycles. The second kappa shape index (κ2) is 15.7. The molecule has 20 heteroatoms. The van der Waals surface area contributed by atoms with Gasteiger partial charge >= 0.3 is 5.97 Å². The van der Waals surface area contributed by atoms with E-state index in [4.69, 9.17) is 32.8 Å². The number of carboxylic acids is 1. The number of fused-ring (bicyclic) bond motifs is 1. The predicted octanol–water partition coefficient (Wildman–Crippen LogP) is 0.474. The molecule has 2 fully saturated rings. The summed E-state index contributed by atoms with van der Waals surface area (Å²) in [5, 5.41) is 18.5. The van der Waals surface area contributed by atoms with E-state index >= 15 is 0 Å². The molecule has 2 aromatic rings. The molecule has 1 aliphatic carbocycles. The van der Waals surface area contributed by atoms with Gasteiger partial charge in [0, 0.05) is 28.8 Å². The van der Waals surface area contributed by atoms with Gasteiger partial charge in [0.25, 0.3) is 11.8 Å². The van der Waals surface area contributed by atoms with Crippen LogP contribution in [0.15, 0.2) is 51.4 Å². The predicted molar refractivity (Wildman–Crippen MR) is 165 cm³/mol. The number of oxime groups is 1. The fourth-order valence-corrected chi connectivity index (χ4v) is 6.29. The van der Waals surface area contributed by atoms with E-state index < -0.39 is 40.3 Å². The fraction of sp³-hybridized carbons (Fsp3) is 0.444. The zero-order valence-corrected chi connectivity index (χ0v) is 27.4. The van der Waals surface area contributed by atoms with Gasteiger partial charge in [0.2, 0.25) is 16.9 Å². The molecule has 2 amide bonds. The number of carboxylic acid groups (broad SMARTS) is 1. The van der Waals surface area contributed by atoms with Crippen LogP contribution in [0.3, 0.4) is 0 Å². The number of aliphatic carboxylic acids is 1. The first-order chi connectivity index (χ1) is 22.2. The number of aromatic nitrogens is 2. The van der Waals surface area contributed by atoms with Crippen molar-refractivity contribution in [2.24, 2.45) is 5.16 Å². The molecule has 17 nitrogen and oxygen atoms in total. The highest BCUT2D eigenvalue weighted by Crippen LogP contribution is 2.35. The van der Waals surface area contributed by atoms with Gasteiger partial charge in [-0.25, -0.2) is 18.2 Å². The molecular formula is C27H32N6O11S3. The van der Waals surface area contributed by atoms with E-state index in [0.29, 0.717) is 6.42 Å². The Bertz CT molecular complexity index is 1660. The van der Waals surface area contributed by atoms with Gasteiger partial charge in [0.05, 0.1) is 5.75 Å². The van der Waals surface area contributed by atoms with Gasteiger partial charge in [0.15, 0.2) is 34.7 Å². The lowest BCUT2D eigenvalue weighted by Crippen LogP contribution is -2.73. The maximum atomic E-state index is 13.3. The topological polar surface area (TPSA) is 255 Å². The maximum absolute atomic E-state index is 13.3. The van der Waals surface area contributed by atoms with Gasteiger partial charge in [-0.3, -0.25) is 23.8 Å². The fourth-order valence-electron chi connectivity index (χ4n) is 4.91. The van der Waals surface area contributed by atoms with Gasteiger partial charge < -0.3 is 30.3 Å². The van der Waals surface area contributed by atoms with Crippen LogP contribution in [-0.4, -0.2) is 92.3 Å². The van der Waals surface area contributed by atoms with Gasteiger partial charge in [-0.15, -0.1) is 23.1 Å². The minimum absolute atomic E-state index is 0.00593. The number of nitrogens with zero attached hydrogens (tertiary/aromatic N) is 4. The third kappa shape index (κ3) is 9.70. The first-order valence-electron chi connectivity index (χ1n) is 14.2. The summed E-state index contributed by atoms with van der Waals surface area (Å²) in [5.41, 5.74) is 5.63. The van der Waals surface area contributed by atoms with Crippen LogP contribution in [0.5, 0.6) is 0 Å². The number of nitrogen functional groups attached to an aromatic ring is 1. The third-order valence-corrected chi connectivity index (χ3v) is 8.89. The molecule has 0 aromatic carbocycles. The number of ether oxygens (including phenoxy) is 1. The third-order valence-electron chi connectivity index (χ3n) is 7.20. The number of amides is 2. The van der Waals surface area contributed by atoms with Crippen molar-refractivity contribution >= 4 is 67.9 Å². The summed E-state index contributed by atoms with van der Waals surface area (Å²) >= 11 is 2.49. The van der Waals surface area contributed by atoms with Crippen molar-refractivity contribution in [3.05, 3.63) is 47.1 Å². The van der Waals surface area contributed by atoms with Gasteiger partial charge in [-0.1, -0.05) is 12.1 Å². The van der Waals surface area contributed by atoms with Crippen LogP contribution in [-0.2, 0) is 45.7 Å². The number of β-lactam (4-membered cyclic amide) rings is 1. The summed E-state index contributed by atoms with van der Waals surface area (Å²) in [6, 6.07) is 1.94. The number of nitrogens with one attached hydrogen (secondary N) is 1. The van der Waals surface area contributed by atoms with Crippen LogP contribution in [0, 0.1) is 0 Å². The van der Waals surface area contributed by atoms with Crippen LogP contribution >= 0.6 is 23.1 Å². The summed E-state index contributed by atoms with van der Waals surface area (Å²) in [6.45, 7) is 2.10. The summed E-state index contributed by atoms with van der Waals surface area (Å²) in [6.07, 6.45) is 7.63. The Morgan fingerprint density at radius 2 is 1.96 bits per heavy atom. The number of thioether (sulfide) groups is 1. The summed E-state index contributed by atoms with van der Waals surface area (Å²) < 4.78 is 40.4. The molecular weight excluding hydrogens is 681 g/mol. The van der Waals surface area contributed by atoms with Crippen molar-refractivity contribution in [2.75, 3.05) is 18.1 Å². The molecule has 1 saturated heterocycles. The minimum Gasteiger partial charge on any atom is -0.726 e. The van der Waals surface area contributed by atoms with Crippen LogP contribution in [0.25, 0.3) is 0 Å². The highest BCUT2D eigenvalue weighted by molar-refractivity contribution is 7.99. The summed E-state index contributed by atoms with van der Waals surface area (Å²) in [7, 11) is -4.92. The Kier molecular flexibility index (Phi) is 11.9. The number of ketones is 1. The van der Waals surface area contributed by atoms with Crippen molar-refractivity contribution in [1.82, 2.24) is 15.2 Å². The zero-order valence-electron chi connectivity index (χ0n) is 24.9. The van der Waals surface area contributed by atoms with Crippen LogP contribution in [0.4, 0.5) is 5.13 Å². The van der Waals surface area contributed by atoms with Crippen LogP contribution in [0.2, 0.25) is 0 Å². The lowest BCUT2D eigenvalue weighted by Gasteiger charge is -2.49. The second-order valence-electron chi connectivity index (χ2n) is 10.5. The Labute approximate surface area is 277 Å². The molecule has 254 valence electrons. The van der Waals surface area contributed by atoms with E-state index in [9.17, 15) is 24.3 Å². The first-order valence-corrected chi connectivity index (χ1v) is 17.5. The quantitative estimate of drug-likeness (QED) is 0.0444. The number of thiazole rings is 1. The lowest BCUT2D eigenvalue weighted by molar-refractivity contribution is -0.684. The second-order valence-corrected chi connectivity index (χ2v) is 13.2. The molecule has 3 aliphatic rings. The SMILES string of the molecule is CCC(=O)C[n+]1ccc(SCC2=C(C(=O)O)N3C(=O)[C@@H](NC(=O)/C(=N\OC4CCCC4)c4csc(N)n4)[C@H]3CO2)cc1.O=S(=O)([O-])O. The highest BCUT2D eigenvalue weighted by atomic mass is 32.3. The van der Waals surface area contributed by atoms with E-state index in [1.165, 1.54) is 11.8 Å². The largest absolute Gasteiger partial charge is 0.726 e. The monoisotopic (exact) mass is 712 g/mol. The average Bonchev–Trinajstić information content (AvgIpc) is 3.70. The minimum atomic E-state index is -4.92. The number of anilines is 1. The molecule has 47 heavy (non-hydrogen) atoms. The molecule has 4 heterocycles. The molecule has 0 radical (unpaired) electrons. The highest BCUT2D eigenvalue weighted by Gasteiger charge is 2.55. The molecule has 5 N–H and O–H groups in total. The first kappa shape index (κ1) is 35.7. The van der Waals surface area contributed by atoms with Crippen molar-refractivity contribution in [1.29, 1.82) is 0 Å². The lowest BCUT2D eigenvalue weighted by atomic mass is 9.92. The Morgan fingerprint density at radius 1 is 1.30 bits per heavy atom. The van der Waals surface area contributed by atoms with Crippen molar-refractivity contribution in [3.8, 4) is 0 Å². The summed E-state index contributed by atoms with van der Waals surface area (Å²) in [4.78, 5) is 62.0. The number of hydrogen-bond donors (Lipinski definition) is 4. The van der Waals surface area contributed by atoms with Crippen molar-refractivity contribution in [2.45, 2.75) is 68.7 Å². The van der Waals surface area contributed by atoms with Gasteiger partial charge in [-0.05, 0) is 25.7 Å². The smallest absolute Gasteiger partial charge is 0.356 e. The number of pyridine rings is 1. The molecule has 2 aromatic heterocycles. The maximum Gasteiger partial charge on any atom is 0.356 e. The van der Waals surface area contributed by atoms with Crippen molar-refractivity contribution < 1.29 is 55.9 Å². The molecule has 0 spiro atoms. The summed E-state index contributed by atoms with van der Waals surface area (Å²) in [5.74, 6) is -2.10. The molecule has 2 atom stereocenters. The normalized spacial score (nSPS) is 19.6. The van der Waals surface area contributed by atoms with E-state index in [1.807, 2.05) is 19.1 Å². The van der Waals surface area contributed by atoms with Crippen LogP contribution in [0.1, 0.15) is 44.7 Å². The van der Waals surface area contributed by atoms with E-state index in [-0.39, 0.29) is 58.8 Å².